The highest BCUT2D eigenvalue weighted by Crippen LogP contribution is 2.30. The molecule has 0 N–H and O–H groups in total. The summed E-state index contributed by atoms with van der Waals surface area (Å²) >= 11 is 1.55. The van der Waals surface area contributed by atoms with Crippen molar-refractivity contribution in [3.8, 4) is 23.1 Å². The van der Waals surface area contributed by atoms with Crippen LogP contribution in [-0.2, 0) is 0 Å². The summed E-state index contributed by atoms with van der Waals surface area (Å²) in [5, 5.41) is 10.5. The molecule has 0 aliphatic carbocycles. The van der Waals surface area contributed by atoms with Crippen LogP contribution >= 0.6 is 11.8 Å². The fourth-order valence-electron chi connectivity index (χ4n) is 3.00. The number of benzene rings is 2. The highest BCUT2D eigenvalue weighted by atomic mass is 32.2. The minimum atomic E-state index is 0.275. The number of nitriles is 1. The van der Waals surface area contributed by atoms with E-state index in [0.29, 0.717) is 22.7 Å². The van der Waals surface area contributed by atoms with Crippen molar-refractivity contribution in [3.05, 3.63) is 78.0 Å². The van der Waals surface area contributed by atoms with Gasteiger partial charge in [0, 0.05) is 17.0 Å². The van der Waals surface area contributed by atoms with Crippen LogP contribution in [0, 0.1) is 25.2 Å². The Bertz CT molecular complexity index is 1230. The number of hydrogen-bond donors (Lipinski definition) is 0. The summed E-state index contributed by atoms with van der Waals surface area (Å²) in [6, 6.07) is 18.3. The quantitative estimate of drug-likeness (QED) is 0.340. The largest absolute Gasteiger partial charge is 0.271 e. The molecule has 0 amide bonds. The molecule has 0 bridgehead atoms. The van der Waals surface area contributed by atoms with Gasteiger partial charge in [0.2, 0.25) is 0 Å². The second-order valence-corrected chi connectivity index (χ2v) is 7.70. The van der Waals surface area contributed by atoms with E-state index in [9.17, 15) is 5.26 Å². The molecule has 0 aliphatic heterocycles. The molecule has 0 saturated carbocycles. The van der Waals surface area contributed by atoms with Gasteiger partial charge in [-0.05, 0) is 26.0 Å². The molecule has 0 saturated heterocycles. The van der Waals surface area contributed by atoms with Crippen molar-refractivity contribution < 1.29 is 0 Å². The number of aryl methyl sites for hydroxylation is 2. The Morgan fingerprint density at radius 1 is 1.00 bits per heavy atom. The number of aromatic nitrogens is 4. The van der Waals surface area contributed by atoms with Crippen LogP contribution in [0.4, 0.5) is 0 Å². The van der Waals surface area contributed by atoms with Crippen LogP contribution in [0.25, 0.3) is 28.2 Å². The average molecular weight is 398 g/mol. The van der Waals surface area contributed by atoms with Gasteiger partial charge in [-0.3, -0.25) is 4.57 Å². The van der Waals surface area contributed by atoms with Crippen LogP contribution in [-0.4, -0.2) is 25.3 Å². The lowest BCUT2D eigenvalue weighted by Gasteiger charge is -2.09. The fraction of sp³-hybridized carbons (Fsp3) is 0.130. The fourth-order valence-corrected chi connectivity index (χ4v) is 3.75. The summed E-state index contributed by atoms with van der Waals surface area (Å²) in [6.45, 7) is 7.88. The lowest BCUT2D eigenvalue weighted by Crippen LogP contribution is -2.01. The first-order chi connectivity index (χ1) is 14.1. The van der Waals surface area contributed by atoms with Gasteiger partial charge < -0.3 is 0 Å². The van der Waals surface area contributed by atoms with E-state index in [-0.39, 0.29) is 5.69 Å². The van der Waals surface area contributed by atoms with Crippen LogP contribution in [0.15, 0.2) is 66.3 Å². The highest BCUT2D eigenvalue weighted by Gasteiger charge is 2.20. The highest BCUT2D eigenvalue weighted by molar-refractivity contribution is 7.99. The lowest BCUT2D eigenvalue weighted by atomic mass is 10.1. The number of imidazole rings is 1. The molecular weight excluding hydrogens is 378 g/mol. The third kappa shape index (κ3) is 3.65. The van der Waals surface area contributed by atoms with Gasteiger partial charge in [0.1, 0.15) is 11.6 Å². The molecule has 4 aromatic rings. The summed E-state index contributed by atoms with van der Waals surface area (Å²) < 4.78 is 1.99. The van der Waals surface area contributed by atoms with Gasteiger partial charge in [0.05, 0.1) is 0 Å². The molecular formula is C23H19N5S. The maximum Gasteiger partial charge on any atom is 0.175 e. The van der Waals surface area contributed by atoms with Crippen molar-refractivity contribution in [2.24, 2.45) is 0 Å². The minimum absolute atomic E-state index is 0.275. The molecule has 6 heteroatoms. The van der Waals surface area contributed by atoms with E-state index >= 15 is 0 Å². The first-order valence-electron chi connectivity index (χ1n) is 9.19. The third-order valence-corrected chi connectivity index (χ3v) is 5.45. The van der Waals surface area contributed by atoms with Gasteiger partial charge in [-0.25, -0.2) is 15.0 Å². The van der Waals surface area contributed by atoms with Crippen molar-refractivity contribution >= 4 is 22.9 Å². The van der Waals surface area contributed by atoms with Gasteiger partial charge in [-0.15, -0.1) is 6.58 Å². The zero-order valence-corrected chi connectivity index (χ0v) is 17.1. The molecule has 29 heavy (non-hydrogen) atoms. The van der Waals surface area contributed by atoms with Crippen molar-refractivity contribution in [2.45, 2.75) is 19.0 Å². The van der Waals surface area contributed by atoms with Crippen LogP contribution in [0.2, 0.25) is 0 Å². The van der Waals surface area contributed by atoms with Gasteiger partial charge in [0.25, 0.3) is 0 Å². The second-order valence-electron chi connectivity index (χ2n) is 6.71. The summed E-state index contributed by atoms with van der Waals surface area (Å²) in [4.78, 5) is 14.0. The SMILES string of the molecule is C=CCSc1nc2c(C#N)nc(-c3ccc(C)cc3)nc2n1-c1ccc(C)cc1. The molecule has 2 aromatic carbocycles. The van der Waals surface area contributed by atoms with Crippen molar-refractivity contribution in [1.82, 2.24) is 19.5 Å². The number of fused-ring (bicyclic) bond motifs is 1. The van der Waals surface area contributed by atoms with Crippen molar-refractivity contribution in [3.63, 3.8) is 0 Å². The number of rotatable bonds is 5. The maximum atomic E-state index is 9.72. The Labute approximate surface area is 173 Å². The molecule has 4 rings (SSSR count). The number of nitrogens with zero attached hydrogens (tertiary/aromatic N) is 5. The Balaban J connectivity index is 2.00. The maximum absolute atomic E-state index is 9.72. The third-order valence-electron chi connectivity index (χ3n) is 4.51. The Morgan fingerprint density at radius 2 is 1.66 bits per heavy atom. The number of hydrogen-bond acceptors (Lipinski definition) is 5. The van der Waals surface area contributed by atoms with E-state index in [4.69, 9.17) is 9.97 Å². The monoisotopic (exact) mass is 397 g/mol. The van der Waals surface area contributed by atoms with Gasteiger partial charge in [0.15, 0.2) is 22.3 Å². The zero-order valence-electron chi connectivity index (χ0n) is 16.3. The van der Waals surface area contributed by atoms with E-state index in [2.05, 4.69) is 36.7 Å². The predicted molar refractivity (Wildman–Crippen MR) is 117 cm³/mol. The van der Waals surface area contributed by atoms with Crippen LogP contribution in [0.1, 0.15) is 16.8 Å². The van der Waals surface area contributed by atoms with E-state index in [1.54, 1.807) is 11.8 Å². The lowest BCUT2D eigenvalue weighted by molar-refractivity contribution is 0.910. The number of thioether (sulfide) groups is 1. The van der Waals surface area contributed by atoms with Crippen molar-refractivity contribution in [2.75, 3.05) is 5.75 Å². The molecule has 142 valence electrons. The van der Waals surface area contributed by atoms with Gasteiger partial charge in [-0.2, -0.15) is 5.26 Å². The molecule has 0 fully saturated rings. The van der Waals surface area contributed by atoms with E-state index in [1.807, 2.05) is 54.0 Å². The minimum Gasteiger partial charge on any atom is -0.271 e. The topological polar surface area (TPSA) is 67.4 Å². The second kappa shape index (κ2) is 7.90. The standard InChI is InChI=1S/C23H19N5S/c1-4-13-29-23-26-20-19(14-24)25-21(17-9-5-15(2)6-10-17)27-22(20)28(23)18-11-7-16(3)8-12-18/h4-12H,1,13H2,2-3H3. The Hall–Kier alpha value is -3.43. The molecule has 0 aliphatic rings. The molecule has 0 radical (unpaired) electrons. The van der Waals surface area contributed by atoms with Gasteiger partial charge >= 0.3 is 0 Å². The van der Waals surface area contributed by atoms with E-state index < -0.39 is 0 Å². The summed E-state index contributed by atoms with van der Waals surface area (Å²) in [6.07, 6.45) is 1.83. The zero-order chi connectivity index (χ0) is 20.4. The summed E-state index contributed by atoms with van der Waals surface area (Å²) in [5.41, 5.74) is 5.55. The summed E-state index contributed by atoms with van der Waals surface area (Å²) in [5.74, 6) is 1.22. The van der Waals surface area contributed by atoms with Crippen LogP contribution in [0.3, 0.4) is 0 Å². The molecule has 0 unspecified atom stereocenters. The Morgan fingerprint density at radius 3 is 2.28 bits per heavy atom. The van der Waals surface area contributed by atoms with E-state index in [1.165, 1.54) is 5.56 Å². The van der Waals surface area contributed by atoms with Crippen LogP contribution < -0.4 is 0 Å². The average Bonchev–Trinajstić information content (AvgIpc) is 3.11. The van der Waals surface area contributed by atoms with Gasteiger partial charge in [-0.1, -0.05) is 65.4 Å². The molecule has 2 heterocycles. The molecule has 0 spiro atoms. The van der Waals surface area contributed by atoms with Crippen molar-refractivity contribution in [1.29, 1.82) is 5.26 Å². The van der Waals surface area contributed by atoms with Crippen LogP contribution in [0.5, 0.6) is 0 Å². The normalized spacial score (nSPS) is 10.8. The molecule has 5 nitrogen and oxygen atoms in total. The Kier molecular flexibility index (Phi) is 5.15. The first kappa shape index (κ1) is 18.9. The predicted octanol–water partition coefficient (Wildman–Crippen LogP) is 5.25. The first-order valence-corrected chi connectivity index (χ1v) is 10.2. The molecule has 2 aromatic heterocycles. The summed E-state index contributed by atoms with van der Waals surface area (Å²) in [7, 11) is 0. The van der Waals surface area contributed by atoms with E-state index in [0.717, 1.165) is 22.0 Å². The molecule has 0 atom stereocenters. The smallest absolute Gasteiger partial charge is 0.175 e.